The van der Waals surface area contributed by atoms with Crippen LogP contribution in [0, 0.1) is 0 Å². The number of anilines is 1. The summed E-state index contributed by atoms with van der Waals surface area (Å²) >= 11 is 0. The van der Waals surface area contributed by atoms with Crippen molar-refractivity contribution in [3.8, 4) is 5.82 Å². The number of hydrogen-bond donors (Lipinski definition) is 1. The second-order valence-corrected chi connectivity index (χ2v) is 6.73. The first kappa shape index (κ1) is 16.5. The van der Waals surface area contributed by atoms with Crippen molar-refractivity contribution in [1.82, 2.24) is 29.9 Å². The van der Waals surface area contributed by atoms with Crippen LogP contribution in [0.15, 0.2) is 61.1 Å². The van der Waals surface area contributed by atoms with Crippen molar-refractivity contribution in [3.05, 3.63) is 66.6 Å². The first-order chi connectivity index (χ1) is 13.8. The first-order valence-corrected chi connectivity index (χ1v) is 9.24. The standard InChI is InChI=1S/C20H19N7O/c28-20(16-14-21-17-5-2-1-4-15(16)17)26-12-10-25(11-13-26)18-6-7-19(24-23-18)27-9-3-8-22-27/h1-9,14,21H,10-13H2. The second-order valence-electron chi connectivity index (χ2n) is 6.73. The maximum atomic E-state index is 12.9. The third kappa shape index (κ3) is 2.88. The molecule has 1 saturated heterocycles. The normalized spacial score (nSPS) is 14.6. The van der Waals surface area contributed by atoms with E-state index in [9.17, 15) is 4.79 Å². The first-order valence-electron chi connectivity index (χ1n) is 9.24. The van der Waals surface area contributed by atoms with E-state index in [4.69, 9.17) is 0 Å². The van der Waals surface area contributed by atoms with E-state index in [-0.39, 0.29) is 5.91 Å². The Hall–Kier alpha value is -3.68. The Morgan fingerprint density at radius 2 is 1.71 bits per heavy atom. The van der Waals surface area contributed by atoms with Crippen LogP contribution in [-0.4, -0.2) is 61.9 Å². The molecular formula is C20H19N7O. The highest BCUT2D eigenvalue weighted by Crippen LogP contribution is 2.21. The van der Waals surface area contributed by atoms with Crippen molar-refractivity contribution in [2.24, 2.45) is 0 Å². The van der Waals surface area contributed by atoms with Gasteiger partial charge in [-0.15, -0.1) is 10.2 Å². The molecule has 5 rings (SSSR count). The number of para-hydroxylation sites is 1. The van der Waals surface area contributed by atoms with Crippen molar-refractivity contribution in [2.75, 3.05) is 31.1 Å². The van der Waals surface area contributed by atoms with Crippen molar-refractivity contribution in [1.29, 1.82) is 0 Å². The van der Waals surface area contributed by atoms with Gasteiger partial charge in [0.05, 0.1) is 5.56 Å². The largest absolute Gasteiger partial charge is 0.360 e. The fourth-order valence-electron chi connectivity index (χ4n) is 3.57. The molecule has 4 aromatic rings. The highest BCUT2D eigenvalue weighted by Gasteiger charge is 2.24. The van der Waals surface area contributed by atoms with E-state index in [0.29, 0.717) is 18.9 Å². The number of benzene rings is 1. The number of carbonyl (C=O) groups is 1. The predicted octanol–water partition coefficient (Wildman–Crippen LogP) is 2.11. The van der Waals surface area contributed by atoms with Gasteiger partial charge in [0, 0.05) is 55.7 Å². The number of aromatic nitrogens is 5. The number of carbonyl (C=O) groups excluding carboxylic acids is 1. The van der Waals surface area contributed by atoms with E-state index in [1.165, 1.54) is 0 Å². The molecule has 28 heavy (non-hydrogen) atoms. The van der Waals surface area contributed by atoms with E-state index < -0.39 is 0 Å². The van der Waals surface area contributed by atoms with Gasteiger partial charge in [-0.2, -0.15) is 5.10 Å². The maximum absolute atomic E-state index is 12.9. The Kier molecular flexibility index (Phi) is 4.01. The van der Waals surface area contributed by atoms with Gasteiger partial charge in [-0.1, -0.05) is 18.2 Å². The SMILES string of the molecule is O=C(c1c[nH]c2ccccc12)N1CCN(c2ccc(-n3cccn3)nn2)CC1. The van der Waals surface area contributed by atoms with Crippen LogP contribution >= 0.6 is 0 Å². The number of hydrogen-bond acceptors (Lipinski definition) is 5. The molecule has 1 aromatic carbocycles. The lowest BCUT2D eigenvalue weighted by Crippen LogP contribution is -2.49. The highest BCUT2D eigenvalue weighted by atomic mass is 16.2. The van der Waals surface area contributed by atoms with Gasteiger partial charge in [0.2, 0.25) is 0 Å². The van der Waals surface area contributed by atoms with Gasteiger partial charge in [-0.3, -0.25) is 4.79 Å². The van der Waals surface area contributed by atoms with E-state index in [2.05, 4.69) is 25.2 Å². The van der Waals surface area contributed by atoms with Crippen molar-refractivity contribution in [2.45, 2.75) is 0 Å². The molecule has 140 valence electrons. The lowest BCUT2D eigenvalue weighted by molar-refractivity contribution is 0.0748. The lowest BCUT2D eigenvalue weighted by Gasteiger charge is -2.35. The van der Waals surface area contributed by atoms with Crippen LogP contribution in [0.1, 0.15) is 10.4 Å². The van der Waals surface area contributed by atoms with Crippen molar-refractivity contribution in [3.63, 3.8) is 0 Å². The van der Waals surface area contributed by atoms with Crippen LogP contribution in [0.2, 0.25) is 0 Å². The molecule has 1 aliphatic heterocycles. The summed E-state index contributed by atoms with van der Waals surface area (Å²) in [6.07, 6.45) is 5.34. The van der Waals surface area contributed by atoms with Gasteiger partial charge >= 0.3 is 0 Å². The third-order valence-electron chi connectivity index (χ3n) is 5.09. The molecule has 8 heteroatoms. The average Bonchev–Trinajstić information content (AvgIpc) is 3.44. The number of amides is 1. The Bertz CT molecular complexity index is 1090. The summed E-state index contributed by atoms with van der Waals surface area (Å²) in [6, 6.07) is 13.6. The van der Waals surface area contributed by atoms with Gasteiger partial charge in [-0.25, -0.2) is 4.68 Å². The maximum Gasteiger partial charge on any atom is 0.256 e. The van der Waals surface area contributed by atoms with E-state index in [0.717, 1.165) is 35.4 Å². The number of piperazine rings is 1. The Morgan fingerprint density at radius 1 is 0.929 bits per heavy atom. The molecule has 1 N–H and O–H groups in total. The molecule has 0 radical (unpaired) electrons. The number of rotatable bonds is 3. The zero-order chi connectivity index (χ0) is 18.9. The summed E-state index contributed by atoms with van der Waals surface area (Å²) in [4.78, 5) is 20.2. The topological polar surface area (TPSA) is 82.9 Å². The summed E-state index contributed by atoms with van der Waals surface area (Å²) in [7, 11) is 0. The smallest absolute Gasteiger partial charge is 0.256 e. The second kappa shape index (κ2) is 6.80. The van der Waals surface area contributed by atoms with Crippen molar-refractivity contribution >= 4 is 22.6 Å². The number of fused-ring (bicyclic) bond motifs is 1. The third-order valence-corrected chi connectivity index (χ3v) is 5.09. The lowest BCUT2D eigenvalue weighted by atomic mass is 10.1. The number of aromatic amines is 1. The Labute approximate surface area is 161 Å². The van der Waals surface area contributed by atoms with Crippen LogP contribution < -0.4 is 4.90 Å². The molecule has 0 aliphatic carbocycles. The molecule has 0 unspecified atom stereocenters. The quantitative estimate of drug-likeness (QED) is 0.595. The molecule has 0 bridgehead atoms. The zero-order valence-corrected chi connectivity index (χ0v) is 15.2. The molecule has 1 aliphatic rings. The van der Waals surface area contributed by atoms with Gasteiger partial charge in [0.1, 0.15) is 0 Å². The number of nitrogens with one attached hydrogen (secondary N) is 1. The summed E-state index contributed by atoms with van der Waals surface area (Å²) < 4.78 is 1.68. The molecule has 0 spiro atoms. The predicted molar refractivity (Wildman–Crippen MR) is 106 cm³/mol. The number of nitrogens with zero attached hydrogens (tertiary/aromatic N) is 6. The van der Waals surface area contributed by atoms with Gasteiger partial charge in [-0.05, 0) is 24.3 Å². The van der Waals surface area contributed by atoms with Gasteiger partial charge in [0.15, 0.2) is 11.6 Å². The van der Waals surface area contributed by atoms with Crippen LogP contribution in [0.3, 0.4) is 0 Å². The Morgan fingerprint density at radius 3 is 2.46 bits per heavy atom. The summed E-state index contributed by atoms with van der Waals surface area (Å²) in [5.74, 6) is 1.56. The monoisotopic (exact) mass is 373 g/mol. The van der Waals surface area contributed by atoms with Crippen LogP contribution in [-0.2, 0) is 0 Å². The molecule has 0 saturated carbocycles. The minimum absolute atomic E-state index is 0.0669. The number of H-pyrrole nitrogens is 1. The molecule has 1 fully saturated rings. The van der Waals surface area contributed by atoms with Crippen LogP contribution in [0.5, 0.6) is 0 Å². The fourth-order valence-corrected chi connectivity index (χ4v) is 3.57. The highest BCUT2D eigenvalue weighted by molar-refractivity contribution is 6.06. The summed E-state index contributed by atoms with van der Waals surface area (Å²) in [5, 5.41) is 13.7. The van der Waals surface area contributed by atoms with Crippen LogP contribution in [0.25, 0.3) is 16.7 Å². The molecule has 1 amide bonds. The molecule has 8 nitrogen and oxygen atoms in total. The molecule has 3 aromatic heterocycles. The van der Waals surface area contributed by atoms with E-state index in [1.54, 1.807) is 17.1 Å². The minimum atomic E-state index is 0.0669. The van der Waals surface area contributed by atoms with Gasteiger partial charge in [0.25, 0.3) is 5.91 Å². The van der Waals surface area contributed by atoms with E-state index in [1.807, 2.05) is 53.6 Å². The molecule has 4 heterocycles. The molecule has 0 atom stereocenters. The average molecular weight is 373 g/mol. The zero-order valence-electron chi connectivity index (χ0n) is 15.2. The fraction of sp³-hybridized carbons (Fsp3) is 0.200. The summed E-state index contributed by atoms with van der Waals surface area (Å²) in [6.45, 7) is 2.76. The van der Waals surface area contributed by atoms with Gasteiger partial charge < -0.3 is 14.8 Å². The van der Waals surface area contributed by atoms with E-state index >= 15 is 0 Å². The van der Waals surface area contributed by atoms with Crippen molar-refractivity contribution < 1.29 is 4.79 Å². The minimum Gasteiger partial charge on any atom is -0.360 e. The summed E-state index contributed by atoms with van der Waals surface area (Å²) in [5.41, 5.74) is 1.71. The Balaban J connectivity index is 1.26. The molecular weight excluding hydrogens is 354 g/mol. The van der Waals surface area contributed by atoms with Crippen LogP contribution in [0.4, 0.5) is 5.82 Å².